The van der Waals surface area contributed by atoms with Crippen LogP contribution in [-0.2, 0) is 39.6 Å². The summed E-state index contributed by atoms with van der Waals surface area (Å²) in [4.78, 5) is 22.4. The summed E-state index contributed by atoms with van der Waals surface area (Å²) in [6.45, 7) is 13.8. The van der Waals surface area contributed by atoms with Gasteiger partial charge in [-0.3, -0.25) is 4.90 Å². The van der Waals surface area contributed by atoms with Crippen molar-refractivity contribution in [1.82, 2.24) is 38.9 Å². The Kier molecular flexibility index (Phi) is 11.2. The van der Waals surface area contributed by atoms with Crippen molar-refractivity contribution in [2.45, 2.75) is 91.9 Å². The fourth-order valence-electron chi connectivity index (χ4n) is 5.51. The molecule has 3 aromatic heterocycles. The third-order valence-electron chi connectivity index (χ3n) is 7.41. The molecule has 0 amide bonds. The number of fused-ring (bicyclic) bond motifs is 1. The molecule has 0 spiro atoms. The number of imidazole rings is 3. The maximum absolute atomic E-state index is 5.09. The van der Waals surface area contributed by atoms with E-state index in [4.69, 9.17) is 4.98 Å². The first-order chi connectivity index (χ1) is 19.1. The van der Waals surface area contributed by atoms with E-state index in [1.807, 2.05) is 24.8 Å². The minimum atomic E-state index is 0.741. The Morgan fingerprint density at radius 2 is 1.67 bits per heavy atom. The lowest BCUT2D eigenvalue weighted by molar-refractivity contribution is 0.233. The van der Waals surface area contributed by atoms with E-state index in [-0.39, 0.29) is 0 Å². The fraction of sp³-hybridized carbons (Fsp3) is 0.581. The Morgan fingerprint density at radius 3 is 2.36 bits per heavy atom. The number of nitrogens with zero attached hydrogens (tertiary/aromatic N) is 7. The van der Waals surface area contributed by atoms with E-state index in [0.29, 0.717) is 0 Å². The number of aryl methyl sites for hydroxylation is 3. The highest BCUT2D eigenvalue weighted by atomic mass is 15.2. The molecule has 0 unspecified atom stereocenters. The van der Waals surface area contributed by atoms with Crippen molar-refractivity contribution < 1.29 is 0 Å². The second kappa shape index (κ2) is 15.0. The third kappa shape index (κ3) is 8.26. The summed E-state index contributed by atoms with van der Waals surface area (Å²) in [5.41, 5.74) is 3.66. The number of aromatic nitrogens is 6. The zero-order valence-corrected chi connectivity index (χ0v) is 24.6. The third-order valence-corrected chi connectivity index (χ3v) is 7.41. The highest BCUT2D eigenvalue weighted by molar-refractivity contribution is 5.77. The number of rotatable bonds is 18. The smallest absolute Gasteiger partial charge is 0.122 e. The van der Waals surface area contributed by atoms with Crippen LogP contribution in [0, 0.1) is 0 Å². The predicted molar refractivity (Wildman–Crippen MR) is 159 cm³/mol. The lowest BCUT2D eigenvalue weighted by Crippen LogP contribution is -2.26. The lowest BCUT2D eigenvalue weighted by Gasteiger charge is -2.21. The summed E-state index contributed by atoms with van der Waals surface area (Å²) in [5, 5.41) is 0. The van der Waals surface area contributed by atoms with E-state index in [2.05, 4.69) is 79.9 Å². The monoisotopic (exact) mass is 532 g/mol. The van der Waals surface area contributed by atoms with Gasteiger partial charge in [-0.05, 0) is 69.4 Å². The van der Waals surface area contributed by atoms with Gasteiger partial charge in [0.1, 0.15) is 17.5 Å². The number of hydrogen-bond acceptors (Lipinski definition) is 5. The molecule has 0 bridgehead atoms. The van der Waals surface area contributed by atoms with Crippen LogP contribution in [0.2, 0.25) is 0 Å². The molecule has 0 atom stereocenters. The Bertz CT molecular complexity index is 1230. The minimum Gasteiger partial charge on any atom is -0.348 e. The number of nitrogens with one attached hydrogen (secondary N) is 1. The average molecular weight is 533 g/mol. The summed E-state index contributed by atoms with van der Waals surface area (Å²) >= 11 is 0. The normalized spacial score (nSPS) is 11.9. The van der Waals surface area contributed by atoms with Gasteiger partial charge in [-0.1, -0.05) is 33.3 Å². The molecule has 0 radical (unpaired) electrons. The van der Waals surface area contributed by atoms with Crippen molar-refractivity contribution in [2.75, 3.05) is 19.6 Å². The molecule has 39 heavy (non-hydrogen) atoms. The molecule has 3 heterocycles. The Labute approximate surface area is 234 Å². The molecule has 0 fully saturated rings. The van der Waals surface area contributed by atoms with Gasteiger partial charge in [0, 0.05) is 51.3 Å². The number of aromatic amines is 1. The maximum Gasteiger partial charge on any atom is 0.122 e. The first-order valence-corrected chi connectivity index (χ1v) is 15.0. The Morgan fingerprint density at radius 1 is 0.821 bits per heavy atom. The zero-order chi connectivity index (χ0) is 27.5. The number of H-pyrrole nitrogens is 1. The molecule has 4 rings (SSSR count). The van der Waals surface area contributed by atoms with Crippen molar-refractivity contribution in [1.29, 1.82) is 0 Å². The summed E-state index contributed by atoms with van der Waals surface area (Å²) in [7, 11) is 2.05. The van der Waals surface area contributed by atoms with E-state index in [0.717, 1.165) is 56.2 Å². The topological polar surface area (TPSA) is 70.8 Å². The standard InChI is InChI=1S/C31H48N8/c1-5-17-37(18-6-2)20-10-8-9-11-30-35-27-13-12-26(22-28(27)39(30)19-7-3)23-38(24-29-32-14-15-33-29)25-31-34-16-21-36(31)4/h12-16,21-22H,5-11,17-20,23-25H2,1-4H3,(H,32,33). The molecular weight excluding hydrogens is 484 g/mol. The zero-order valence-electron chi connectivity index (χ0n) is 24.6. The van der Waals surface area contributed by atoms with Crippen LogP contribution in [0.5, 0.6) is 0 Å². The van der Waals surface area contributed by atoms with Crippen LogP contribution < -0.4 is 0 Å². The number of unbranched alkanes of at least 4 members (excludes halogenated alkanes) is 2. The molecule has 0 saturated carbocycles. The summed E-state index contributed by atoms with van der Waals surface area (Å²) < 4.78 is 4.56. The summed E-state index contributed by atoms with van der Waals surface area (Å²) in [5.74, 6) is 3.26. The second-order valence-electron chi connectivity index (χ2n) is 10.8. The summed E-state index contributed by atoms with van der Waals surface area (Å²) in [6, 6.07) is 6.79. The molecule has 0 aliphatic carbocycles. The van der Waals surface area contributed by atoms with Gasteiger partial charge in [0.05, 0.1) is 24.1 Å². The van der Waals surface area contributed by atoms with E-state index < -0.39 is 0 Å². The lowest BCUT2D eigenvalue weighted by atomic mass is 10.1. The van der Waals surface area contributed by atoms with Gasteiger partial charge in [-0.15, -0.1) is 0 Å². The highest BCUT2D eigenvalue weighted by Crippen LogP contribution is 2.22. The SMILES string of the molecule is CCCN(CCC)CCCCCc1nc2ccc(CN(Cc3ncc[nH]3)Cc3nccn3C)cc2n1CCC. The van der Waals surface area contributed by atoms with Crippen LogP contribution in [-0.4, -0.2) is 58.5 Å². The summed E-state index contributed by atoms with van der Waals surface area (Å²) in [6.07, 6.45) is 16.0. The van der Waals surface area contributed by atoms with Gasteiger partial charge in [-0.25, -0.2) is 15.0 Å². The van der Waals surface area contributed by atoms with Gasteiger partial charge in [0.2, 0.25) is 0 Å². The van der Waals surface area contributed by atoms with E-state index >= 15 is 0 Å². The van der Waals surface area contributed by atoms with Crippen LogP contribution in [0.3, 0.4) is 0 Å². The molecule has 8 nitrogen and oxygen atoms in total. The van der Waals surface area contributed by atoms with Crippen molar-refractivity contribution in [3.05, 3.63) is 66.0 Å². The molecular formula is C31H48N8. The minimum absolute atomic E-state index is 0.741. The molecule has 0 aliphatic heterocycles. The average Bonchev–Trinajstić information content (AvgIpc) is 3.66. The molecule has 4 aromatic rings. The fourth-order valence-corrected chi connectivity index (χ4v) is 5.51. The van der Waals surface area contributed by atoms with Crippen molar-refractivity contribution in [2.24, 2.45) is 7.05 Å². The van der Waals surface area contributed by atoms with E-state index in [1.165, 1.54) is 68.6 Å². The van der Waals surface area contributed by atoms with Crippen molar-refractivity contribution in [3.8, 4) is 0 Å². The van der Waals surface area contributed by atoms with Gasteiger partial charge in [0.25, 0.3) is 0 Å². The van der Waals surface area contributed by atoms with Gasteiger partial charge >= 0.3 is 0 Å². The Hall–Kier alpha value is -2.97. The number of hydrogen-bond donors (Lipinski definition) is 1. The first-order valence-electron chi connectivity index (χ1n) is 15.0. The van der Waals surface area contributed by atoms with Crippen molar-refractivity contribution >= 4 is 11.0 Å². The molecule has 0 saturated heterocycles. The van der Waals surface area contributed by atoms with Gasteiger partial charge in [-0.2, -0.15) is 0 Å². The van der Waals surface area contributed by atoms with E-state index in [9.17, 15) is 0 Å². The maximum atomic E-state index is 5.09. The molecule has 212 valence electrons. The molecule has 8 heteroatoms. The number of benzene rings is 1. The van der Waals surface area contributed by atoms with Crippen molar-refractivity contribution in [3.63, 3.8) is 0 Å². The predicted octanol–water partition coefficient (Wildman–Crippen LogP) is 5.94. The van der Waals surface area contributed by atoms with Crippen LogP contribution in [0.25, 0.3) is 11.0 Å². The van der Waals surface area contributed by atoms with Crippen LogP contribution >= 0.6 is 0 Å². The molecule has 1 N–H and O–H groups in total. The van der Waals surface area contributed by atoms with Crippen LogP contribution in [0.15, 0.2) is 43.0 Å². The molecule has 1 aromatic carbocycles. The largest absolute Gasteiger partial charge is 0.348 e. The van der Waals surface area contributed by atoms with Gasteiger partial charge in [0.15, 0.2) is 0 Å². The first kappa shape index (κ1) is 29.0. The van der Waals surface area contributed by atoms with Crippen LogP contribution in [0.4, 0.5) is 0 Å². The molecule has 0 aliphatic rings. The quantitative estimate of drug-likeness (QED) is 0.161. The second-order valence-corrected chi connectivity index (χ2v) is 10.8. The highest BCUT2D eigenvalue weighted by Gasteiger charge is 2.15. The van der Waals surface area contributed by atoms with Crippen LogP contribution in [0.1, 0.15) is 82.3 Å². The van der Waals surface area contributed by atoms with Gasteiger partial charge < -0.3 is 19.0 Å². The Balaban J connectivity index is 1.44. The van der Waals surface area contributed by atoms with E-state index in [1.54, 1.807) is 0 Å².